The first-order valence-corrected chi connectivity index (χ1v) is 5.81. The molecule has 1 atom stereocenters. The third kappa shape index (κ3) is 7.46. The van der Waals surface area contributed by atoms with E-state index in [4.69, 9.17) is 14.2 Å². The minimum atomic E-state index is -0.429. The summed E-state index contributed by atoms with van der Waals surface area (Å²) >= 11 is 0. The van der Waals surface area contributed by atoms with Gasteiger partial charge < -0.3 is 14.2 Å². The maximum Gasteiger partial charge on any atom is 0.330 e. The van der Waals surface area contributed by atoms with Crippen LogP contribution in [0.25, 0.3) is 0 Å². The zero-order valence-corrected chi connectivity index (χ0v) is 10.5. The van der Waals surface area contributed by atoms with Gasteiger partial charge in [-0.2, -0.15) is 0 Å². The van der Waals surface area contributed by atoms with Crippen LogP contribution >= 0.6 is 0 Å². The fraction of sp³-hybridized carbons (Fsp3) is 0.357. The molecule has 0 aliphatic carbocycles. The summed E-state index contributed by atoms with van der Waals surface area (Å²) in [5, 5.41) is 0. The summed E-state index contributed by atoms with van der Waals surface area (Å²) in [5.41, 5.74) is 0. The van der Waals surface area contributed by atoms with Crippen molar-refractivity contribution in [2.45, 2.75) is 13.0 Å². The van der Waals surface area contributed by atoms with Crippen LogP contribution in [0.2, 0.25) is 0 Å². The van der Waals surface area contributed by atoms with E-state index in [1.165, 1.54) is 0 Å². The highest BCUT2D eigenvalue weighted by Gasteiger charge is 2.13. The quantitative estimate of drug-likeness (QED) is 0.348. The minimum Gasteiger partial charge on any atom is -0.490 e. The summed E-state index contributed by atoms with van der Waals surface area (Å²) in [7, 11) is 0. The monoisotopic (exact) mass is 250 g/mol. The molecule has 0 radical (unpaired) electrons. The minimum absolute atomic E-state index is 0.236. The van der Waals surface area contributed by atoms with Crippen molar-refractivity contribution < 1.29 is 19.0 Å². The molecule has 4 nitrogen and oxygen atoms in total. The summed E-state index contributed by atoms with van der Waals surface area (Å²) in [6.45, 7) is 6.91. The van der Waals surface area contributed by atoms with E-state index >= 15 is 0 Å². The van der Waals surface area contributed by atoms with Gasteiger partial charge in [0.15, 0.2) is 0 Å². The molecule has 1 saturated heterocycles. The van der Waals surface area contributed by atoms with Crippen LogP contribution in [-0.2, 0) is 14.3 Å². The predicted molar refractivity (Wildman–Crippen MR) is 68.5 cm³/mol. The molecule has 0 saturated carbocycles. The normalized spacial score (nSPS) is 15.9. The summed E-state index contributed by atoms with van der Waals surface area (Å²) < 4.78 is 14.7. The topological polar surface area (TPSA) is 48.1 Å². The number of carbonyl (C=O) groups is 1. The van der Waals surface area contributed by atoms with Crippen LogP contribution in [0.1, 0.15) is 6.92 Å². The van der Waals surface area contributed by atoms with Crippen molar-refractivity contribution >= 4 is 5.97 Å². The lowest BCUT2D eigenvalue weighted by Gasteiger charge is -2.05. The average molecular weight is 250 g/mol. The number of hydrogen-bond acceptors (Lipinski definition) is 4. The average Bonchev–Trinajstić information content (AvgIpc) is 3.19. The van der Waals surface area contributed by atoms with Crippen LogP contribution in [0.15, 0.2) is 43.0 Å². The van der Waals surface area contributed by atoms with E-state index in [0.29, 0.717) is 12.7 Å². The van der Waals surface area contributed by atoms with E-state index in [-0.39, 0.29) is 6.61 Å². The fourth-order valence-corrected chi connectivity index (χ4v) is 0.974. The molecule has 0 N–H and O–H groups in total. The van der Waals surface area contributed by atoms with Crippen molar-refractivity contribution in [3.05, 3.63) is 43.0 Å². The van der Waals surface area contributed by atoms with E-state index in [1.807, 2.05) is 30.3 Å². The molecule has 0 aromatic heterocycles. The second-order valence-electron chi connectivity index (χ2n) is 3.68. The standard InChI is InChI=1S/C11H12O3.C3H6O/c1-2-11(12)14-9-8-13-10-6-4-3-5-7-10;1-3-2-4-3/h2-7H,1,8-9H2;3H,2H2,1H3. The summed E-state index contributed by atoms with van der Waals surface area (Å²) in [6, 6.07) is 9.35. The first-order chi connectivity index (χ1) is 8.72. The number of hydrogen-bond donors (Lipinski definition) is 0. The Balaban J connectivity index is 0.000000341. The lowest BCUT2D eigenvalue weighted by atomic mass is 10.3. The van der Waals surface area contributed by atoms with Crippen LogP contribution in [-0.4, -0.2) is 31.9 Å². The van der Waals surface area contributed by atoms with E-state index in [2.05, 4.69) is 13.5 Å². The van der Waals surface area contributed by atoms with Gasteiger partial charge in [-0.3, -0.25) is 0 Å². The molecule has 0 spiro atoms. The number of epoxide rings is 1. The van der Waals surface area contributed by atoms with Crippen LogP contribution in [0.4, 0.5) is 0 Å². The SMILES string of the molecule is C=CC(=O)OCCOc1ccccc1.CC1CO1. The maximum absolute atomic E-state index is 10.6. The Morgan fingerprint density at radius 2 is 2.06 bits per heavy atom. The zero-order chi connectivity index (χ0) is 13.2. The van der Waals surface area contributed by atoms with E-state index in [1.54, 1.807) is 0 Å². The molecule has 1 aromatic carbocycles. The van der Waals surface area contributed by atoms with Gasteiger partial charge in [0.05, 0.1) is 12.7 Å². The van der Waals surface area contributed by atoms with Gasteiger partial charge in [0.1, 0.15) is 19.0 Å². The van der Waals surface area contributed by atoms with Crippen LogP contribution in [0.5, 0.6) is 5.75 Å². The number of benzene rings is 1. The van der Waals surface area contributed by atoms with Gasteiger partial charge in [-0.15, -0.1) is 0 Å². The zero-order valence-electron chi connectivity index (χ0n) is 10.5. The number of carbonyl (C=O) groups excluding carboxylic acids is 1. The molecule has 1 heterocycles. The van der Waals surface area contributed by atoms with Gasteiger partial charge in [-0.05, 0) is 19.1 Å². The van der Waals surface area contributed by atoms with Crippen LogP contribution in [0, 0.1) is 0 Å². The highest BCUT2D eigenvalue weighted by atomic mass is 16.6. The van der Waals surface area contributed by atoms with Gasteiger partial charge in [0.2, 0.25) is 0 Å². The Morgan fingerprint density at radius 1 is 1.44 bits per heavy atom. The Labute approximate surface area is 107 Å². The van der Waals surface area contributed by atoms with Crippen molar-refractivity contribution in [3.8, 4) is 5.75 Å². The molecule has 2 rings (SSSR count). The molecule has 18 heavy (non-hydrogen) atoms. The van der Waals surface area contributed by atoms with Gasteiger partial charge in [0.25, 0.3) is 0 Å². The molecule has 1 fully saturated rings. The van der Waals surface area contributed by atoms with E-state index in [9.17, 15) is 4.79 Å². The molecule has 0 bridgehead atoms. The van der Waals surface area contributed by atoms with Crippen molar-refractivity contribution in [1.29, 1.82) is 0 Å². The lowest BCUT2D eigenvalue weighted by Crippen LogP contribution is -2.09. The first kappa shape index (κ1) is 14.3. The van der Waals surface area contributed by atoms with Crippen molar-refractivity contribution in [3.63, 3.8) is 0 Å². The van der Waals surface area contributed by atoms with Crippen molar-refractivity contribution in [1.82, 2.24) is 0 Å². The molecule has 1 aromatic rings. The smallest absolute Gasteiger partial charge is 0.330 e. The van der Waals surface area contributed by atoms with Gasteiger partial charge in [-0.25, -0.2) is 4.79 Å². The van der Waals surface area contributed by atoms with Gasteiger partial charge >= 0.3 is 5.97 Å². The third-order valence-corrected chi connectivity index (χ3v) is 2.01. The summed E-state index contributed by atoms with van der Waals surface area (Å²) in [5.74, 6) is 0.337. The highest BCUT2D eigenvalue weighted by molar-refractivity contribution is 5.81. The molecule has 1 aliphatic heterocycles. The molecule has 1 unspecified atom stereocenters. The number of rotatable bonds is 5. The second-order valence-corrected chi connectivity index (χ2v) is 3.68. The Kier molecular flexibility index (Phi) is 6.58. The Bertz CT molecular complexity index is 357. The van der Waals surface area contributed by atoms with E-state index < -0.39 is 5.97 Å². The number of ether oxygens (including phenoxy) is 3. The first-order valence-electron chi connectivity index (χ1n) is 5.81. The van der Waals surface area contributed by atoms with Crippen molar-refractivity contribution in [2.75, 3.05) is 19.8 Å². The third-order valence-electron chi connectivity index (χ3n) is 2.01. The fourth-order valence-electron chi connectivity index (χ4n) is 0.974. The van der Waals surface area contributed by atoms with Crippen molar-refractivity contribution in [2.24, 2.45) is 0 Å². The molecule has 4 heteroatoms. The molecular weight excluding hydrogens is 232 g/mol. The largest absolute Gasteiger partial charge is 0.490 e. The van der Waals surface area contributed by atoms with Crippen LogP contribution < -0.4 is 4.74 Å². The van der Waals surface area contributed by atoms with Crippen LogP contribution in [0.3, 0.4) is 0 Å². The predicted octanol–water partition coefficient (Wildman–Crippen LogP) is 2.20. The van der Waals surface area contributed by atoms with Gasteiger partial charge in [0, 0.05) is 6.08 Å². The number of para-hydroxylation sites is 1. The van der Waals surface area contributed by atoms with E-state index in [0.717, 1.165) is 18.4 Å². The maximum atomic E-state index is 10.6. The molecule has 1 aliphatic rings. The van der Waals surface area contributed by atoms with Gasteiger partial charge in [-0.1, -0.05) is 24.8 Å². The Morgan fingerprint density at radius 3 is 2.56 bits per heavy atom. The molecule has 0 amide bonds. The molecule has 98 valence electrons. The Hall–Kier alpha value is -1.81. The highest BCUT2D eigenvalue weighted by Crippen LogP contribution is 2.07. The summed E-state index contributed by atoms with van der Waals surface area (Å²) in [6.07, 6.45) is 1.71. The molecular formula is C14H18O4. The summed E-state index contributed by atoms with van der Waals surface area (Å²) in [4.78, 5) is 10.6. The lowest BCUT2D eigenvalue weighted by molar-refractivity contribution is -0.138. The number of esters is 1. The second kappa shape index (κ2) is 8.31.